The molecule has 1 atom stereocenters. The SMILES string of the molecule is C[C@H](O)CN1CCC(CNCc2cccc(C#N)c2)CC1. The van der Waals surface area contributed by atoms with Crippen molar-refractivity contribution in [3.8, 4) is 6.07 Å². The predicted molar refractivity (Wildman–Crippen MR) is 83.7 cm³/mol. The van der Waals surface area contributed by atoms with E-state index in [9.17, 15) is 5.11 Å². The fraction of sp³-hybridized carbons (Fsp3) is 0.588. The smallest absolute Gasteiger partial charge is 0.0991 e. The molecule has 0 aliphatic carbocycles. The van der Waals surface area contributed by atoms with Crippen molar-refractivity contribution >= 4 is 0 Å². The molecule has 1 aliphatic rings. The Labute approximate surface area is 127 Å². The van der Waals surface area contributed by atoms with E-state index in [4.69, 9.17) is 5.26 Å². The Bertz CT molecular complexity index is 473. The van der Waals surface area contributed by atoms with Gasteiger partial charge in [-0.2, -0.15) is 5.26 Å². The summed E-state index contributed by atoms with van der Waals surface area (Å²) in [7, 11) is 0. The molecule has 1 saturated heterocycles. The first-order valence-electron chi connectivity index (χ1n) is 7.77. The Hall–Kier alpha value is -1.41. The van der Waals surface area contributed by atoms with E-state index in [1.165, 1.54) is 18.4 Å². The first kappa shape index (κ1) is 16.0. The molecule has 2 rings (SSSR count). The molecule has 2 N–H and O–H groups in total. The summed E-state index contributed by atoms with van der Waals surface area (Å²) in [5.41, 5.74) is 1.89. The number of nitrogens with one attached hydrogen (secondary N) is 1. The predicted octanol–water partition coefficient (Wildman–Crippen LogP) is 1.74. The molecule has 4 heteroatoms. The monoisotopic (exact) mass is 287 g/mol. The fourth-order valence-electron chi connectivity index (χ4n) is 2.92. The van der Waals surface area contributed by atoms with Crippen LogP contribution in [0.1, 0.15) is 30.9 Å². The second-order valence-electron chi connectivity index (χ2n) is 6.04. The minimum atomic E-state index is -0.230. The van der Waals surface area contributed by atoms with E-state index >= 15 is 0 Å². The van der Waals surface area contributed by atoms with E-state index in [-0.39, 0.29) is 6.10 Å². The van der Waals surface area contributed by atoms with Crippen molar-refractivity contribution in [2.24, 2.45) is 5.92 Å². The summed E-state index contributed by atoms with van der Waals surface area (Å²) in [5.74, 6) is 0.717. The van der Waals surface area contributed by atoms with Crippen molar-refractivity contribution in [1.82, 2.24) is 10.2 Å². The van der Waals surface area contributed by atoms with Crippen molar-refractivity contribution in [2.75, 3.05) is 26.2 Å². The Kier molecular flexibility index (Phi) is 6.19. The van der Waals surface area contributed by atoms with Gasteiger partial charge in [-0.05, 0) is 63.0 Å². The number of nitriles is 1. The topological polar surface area (TPSA) is 59.3 Å². The van der Waals surface area contributed by atoms with Crippen molar-refractivity contribution in [2.45, 2.75) is 32.4 Å². The number of β-amino-alcohol motifs (C(OH)–C–C–N with tert-alkyl or cyclic N) is 1. The quantitative estimate of drug-likeness (QED) is 0.837. The molecular formula is C17H25N3O. The zero-order chi connectivity index (χ0) is 15.1. The van der Waals surface area contributed by atoms with Crippen LogP contribution in [0.25, 0.3) is 0 Å². The standard InChI is InChI=1S/C17H25N3O/c1-14(21)13-20-7-5-15(6-8-20)11-19-12-17-4-2-3-16(9-17)10-18/h2-4,9,14-15,19,21H,5-8,11-13H2,1H3/t14-/m0/s1. The Morgan fingerprint density at radius 1 is 1.43 bits per heavy atom. The lowest BCUT2D eigenvalue weighted by molar-refractivity contribution is 0.0998. The highest BCUT2D eigenvalue weighted by Crippen LogP contribution is 2.16. The first-order valence-corrected chi connectivity index (χ1v) is 7.77. The first-order chi connectivity index (χ1) is 10.2. The van der Waals surface area contributed by atoms with Crippen LogP contribution in [0.15, 0.2) is 24.3 Å². The summed E-state index contributed by atoms with van der Waals surface area (Å²) in [6.45, 7) is 6.66. The average molecular weight is 287 g/mol. The number of nitrogens with zero attached hydrogens (tertiary/aromatic N) is 2. The number of piperidine rings is 1. The molecule has 0 saturated carbocycles. The number of benzene rings is 1. The molecule has 1 fully saturated rings. The molecular weight excluding hydrogens is 262 g/mol. The number of hydrogen-bond donors (Lipinski definition) is 2. The van der Waals surface area contributed by atoms with Gasteiger partial charge in [0.25, 0.3) is 0 Å². The molecule has 0 amide bonds. The van der Waals surface area contributed by atoms with Gasteiger partial charge in [-0.3, -0.25) is 0 Å². The molecule has 21 heavy (non-hydrogen) atoms. The second kappa shape index (κ2) is 8.14. The highest BCUT2D eigenvalue weighted by molar-refractivity contribution is 5.32. The number of rotatable bonds is 6. The van der Waals surface area contributed by atoms with Gasteiger partial charge in [0, 0.05) is 13.1 Å². The lowest BCUT2D eigenvalue weighted by Crippen LogP contribution is -2.40. The number of aliphatic hydroxyl groups excluding tert-OH is 1. The zero-order valence-corrected chi connectivity index (χ0v) is 12.8. The van der Waals surface area contributed by atoms with Gasteiger partial charge in [0.15, 0.2) is 0 Å². The number of hydrogen-bond acceptors (Lipinski definition) is 4. The minimum Gasteiger partial charge on any atom is -0.392 e. The highest BCUT2D eigenvalue weighted by Gasteiger charge is 2.19. The molecule has 0 bridgehead atoms. The molecule has 1 aromatic rings. The maximum Gasteiger partial charge on any atom is 0.0991 e. The maximum absolute atomic E-state index is 9.40. The van der Waals surface area contributed by atoms with E-state index in [1.807, 2.05) is 25.1 Å². The molecule has 1 aromatic carbocycles. The average Bonchev–Trinajstić information content (AvgIpc) is 2.49. The van der Waals surface area contributed by atoms with Gasteiger partial charge in [-0.15, -0.1) is 0 Å². The molecule has 0 unspecified atom stereocenters. The fourth-order valence-corrected chi connectivity index (χ4v) is 2.92. The van der Waals surface area contributed by atoms with Gasteiger partial charge < -0.3 is 15.3 Å². The highest BCUT2D eigenvalue weighted by atomic mass is 16.3. The Morgan fingerprint density at radius 2 is 2.19 bits per heavy atom. The van der Waals surface area contributed by atoms with E-state index in [0.29, 0.717) is 0 Å². The van der Waals surface area contributed by atoms with Crippen LogP contribution < -0.4 is 5.32 Å². The van der Waals surface area contributed by atoms with Crippen LogP contribution in [0.3, 0.4) is 0 Å². The summed E-state index contributed by atoms with van der Waals surface area (Å²) >= 11 is 0. The van der Waals surface area contributed by atoms with Crippen molar-refractivity contribution < 1.29 is 5.11 Å². The van der Waals surface area contributed by atoms with Crippen molar-refractivity contribution in [1.29, 1.82) is 5.26 Å². The molecule has 114 valence electrons. The van der Waals surface area contributed by atoms with Crippen LogP contribution in [0, 0.1) is 17.2 Å². The van der Waals surface area contributed by atoms with Gasteiger partial charge in [-0.1, -0.05) is 12.1 Å². The largest absolute Gasteiger partial charge is 0.392 e. The second-order valence-corrected chi connectivity index (χ2v) is 6.04. The summed E-state index contributed by atoms with van der Waals surface area (Å²) in [6.07, 6.45) is 2.16. The molecule has 0 aromatic heterocycles. The third-order valence-electron chi connectivity index (χ3n) is 4.05. The van der Waals surface area contributed by atoms with E-state index in [1.54, 1.807) is 0 Å². The van der Waals surface area contributed by atoms with Crippen LogP contribution in [-0.2, 0) is 6.54 Å². The third kappa shape index (κ3) is 5.47. The lowest BCUT2D eigenvalue weighted by atomic mass is 9.96. The van der Waals surface area contributed by atoms with Gasteiger partial charge in [0.05, 0.1) is 17.7 Å². The summed E-state index contributed by atoms with van der Waals surface area (Å²) in [6, 6.07) is 9.94. The summed E-state index contributed by atoms with van der Waals surface area (Å²) in [4.78, 5) is 2.34. The van der Waals surface area contributed by atoms with E-state index in [2.05, 4.69) is 22.4 Å². The minimum absolute atomic E-state index is 0.230. The summed E-state index contributed by atoms with van der Waals surface area (Å²) in [5, 5.41) is 21.8. The molecule has 1 aliphatic heterocycles. The number of likely N-dealkylation sites (tertiary alicyclic amines) is 1. The molecule has 0 spiro atoms. The summed E-state index contributed by atoms with van der Waals surface area (Å²) < 4.78 is 0. The van der Waals surface area contributed by atoms with Crippen LogP contribution >= 0.6 is 0 Å². The van der Waals surface area contributed by atoms with Crippen LogP contribution in [0.5, 0.6) is 0 Å². The zero-order valence-electron chi connectivity index (χ0n) is 12.8. The van der Waals surface area contributed by atoms with Gasteiger partial charge >= 0.3 is 0 Å². The molecule has 1 heterocycles. The van der Waals surface area contributed by atoms with Gasteiger partial charge in [0.2, 0.25) is 0 Å². The normalized spacial score (nSPS) is 18.3. The third-order valence-corrected chi connectivity index (χ3v) is 4.05. The van der Waals surface area contributed by atoms with E-state index < -0.39 is 0 Å². The van der Waals surface area contributed by atoms with E-state index in [0.717, 1.165) is 44.2 Å². The Balaban J connectivity index is 1.67. The molecule has 0 radical (unpaired) electrons. The Morgan fingerprint density at radius 3 is 2.86 bits per heavy atom. The lowest BCUT2D eigenvalue weighted by Gasteiger charge is -2.32. The van der Waals surface area contributed by atoms with Gasteiger partial charge in [0.1, 0.15) is 0 Å². The van der Waals surface area contributed by atoms with Crippen LogP contribution in [-0.4, -0.2) is 42.3 Å². The number of aliphatic hydroxyl groups is 1. The van der Waals surface area contributed by atoms with Gasteiger partial charge in [-0.25, -0.2) is 0 Å². The van der Waals surface area contributed by atoms with Crippen molar-refractivity contribution in [3.05, 3.63) is 35.4 Å². The van der Waals surface area contributed by atoms with Crippen molar-refractivity contribution in [3.63, 3.8) is 0 Å². The van der Waals surface area contributed by atoms with Crippen LogP contribution in [0.4, 0.5) is 0 Å². The maximum atomic E-state index is 9.40. The van der Waals surface area contributed by atoms with Crippen LogP contribution in [0.2, 0.25) is 0 Å². The molecule has 4 nitrogen and oxygen atoms in total.